The van der Waals surface area contributed by atoms with E-state index in [1.54, 1.807) is 0 Å². The van der Waals surface area contributed by atoms with Crippen LogP contribution in [-0.4, -0.2) is 89.6 Å². The fourth-order valence-electron chi connectivity index (χ4n) is 4.62. The van der Waals surface area contributed by atoms with Crippen LogP contribution in [0.4, 0.5) is 0 Å². The van der Waals surface area contributed by atoms with E-state index in [2.05, 4.69) is 0 Å². The fraction of sp³-hybridized carbons (Fsp3) is 0.545. The van der Waals surface area contributed by atoms with Gasteiger partial charge in [0.2, 0.25) is 17.3 Å². The second-order valence-corrected chi connectivity index (χ2v) is 8.48. The number of ketones is 1. The lowest BCUT2D eigenvalue weighted by molar-refractivity contribution is -0.374. The van der Waals surface area contributed by atoms with Gasteiger partial charge in [0.05, 0.1) is 0 Å². The average molecular weight is 482 g/mol. The van der Waals surface area contributed by atoms with Gasteiger partial charge in [0, 0.05) is 19.3 Å². The third-order valence-electron chi connectivity index (χ3n) is 6.38. The maximum Gasteiger partial charge on any atom is 0.343 e. The lowest BCUT2D eigenvalue weighted by Crippen LogP contribution is -2.77. The molecule has 2 saturated heterocycles. The Morgan fingerprint density at radius 1 is 0.882 bits per heavy atom. The molecule has 2 bridgehead atoms. The Balaban J connectivity index is 1.73. The van der Waals surface area contributed by atoms with Crippen molar-refractivity contribution in [3.05, 3.63) is 35.9 Å². The van der Waals surface area contributed by atoms with Gasteiger partial charge < -0.3 is 40.1 Å². The number of aliphatic hydroxyl groups excluding tert-OH is 2. The van der Waals surface area contributed by atoms with Crippen LogP contribution in [0.2, 0.25) is 0 Å². The molecule has 0 amide bonds. The highest BCUT2D eigenvalue weighted by atomic mass is 16.8. The number of rotatable bonds is 11. The number of benzene rings is 1. The van der Waals surface area contributed by atoms with Crippen LogP contribution in [0.3, 0.4) is 0 Å². The molecule has 1 aromatic rings. The predicted octanol–water partition coefficient (Wildman–Crippen LogP) is -0.680. The molecular formula is C22H26O12. The number of hydrogen-bond acceptors (Lipinski definition) is 9. The van der Waals surface area contributed by atoms with E-state index in [1.165, 1.54) is 0 Å². The highest BCUT2D eigenvalue weighted by molar-refractivity contribution is 5.97. The molecular weight excluding hydrogens is 456 g/mol. The van der Waals surface area contributed by atoms with Gasteiger partial charge in [-0.3, -0.25) is 4.79 Å². The number of Topliss-reactive ketones (excluding diaryl/α,β-unsaturated/α-hetero) is 1. The average Bonchev–Trinajstić information content (AvgIpc) is 2.98. The van der Waals surface area contributed by atoms with E-state index >= 15 is 0 Å². The molecule has 0 saturated carbocycles. The van der Waals surface area contributed by atoms with Gasteiger partial charge in [0.15, 0.2) is 5.79 Å². The van der Waals surface area contributed by atoms with E-state index in [4.69, 9.17) is 9.47 Å². The predicted molar refractivity (Wildman–Crippen MR) is 110 cm³/mol. The normalized spacial score (nSPS) is 34.5. The summed E-state index contributed by atoms with van der Waals surface area (Å²) in [6.07, 6.45) is -6.49. The molecule has 2 heterocycles. The number of carbonyl (C=O) groups is 4. The Morgan fingerprint density at radius 2 is 1.50 bits per heavy atom. The zero-order valence-electron chi connectivity index (χ0n) is 18.0. The van der Waals surface area contributed by atoms with Crippen molar-refractivity contribution >= 4 is 23.7 Å². The first-order valence-corrected chi connectivity index (χ1v) is 10.6. The van der Waals surface area contributed by atoms with E-state index in [0.29, 0.717) is 12.8 Å². The number of aryl methyl sites for hydroxylation is 1. The number of hydrogen-bond donors (Lipinski definition) is 6. The maximum absolute atomic E-state index is 12.3. The summed E-state index contributed by atoms with van der Waals surface area (Å²) in [6.45, 7) is 0. The van der Waals surface area contributed by atoms with Gasteiger partial charge in [-0.2, -0.15) is 0 Å². The van der Waals surface area contributed by atoms with Crippen molar-refractivity contribution in [3.8, 4) is 0 Å². The quantitative estimate of drug-likeness (QED) is 0.232. The Bertz CT molecular complexity index is 964. The van der Waals surface area contributed by atoms with Crippen molar-refractivity contribution in [2.75, 3.05) is 0 Å². The molecule has 0 spiro atoms. The number of ether oxygens (including phenoxy) is 2. The summed E-state index contributed by atoms with van der Waals surface area (Å²) in [6, 6.07) is 9.51. The molecule has 2 aliphatic heterocycles. The first-order valence-electron chi connectivity index (χ1n) is 10.6. The first kappa shape index (κ1) is 25.7. The SMILES string of the molecule is O=C(CCCc1ccccc1)CCCC12OC(C(=O)O)C(O)(C(=O)O)C(C(=O)O)(O1)C(O)C2O. The monoisotopic (exact) mass is 482 g/mol. The fourth-order valence-corrected chi connectivity index (χ4v) is 4.62. The molecule has 3 rings (SSSR count). The summed E-state index contributed by atoms with van der Waals surface area (Å²) in [5, 5.41) is 60.3. The van der Waals surface area contributed by atoms with Crippen molar-refractivity contribution in [1.82, 2.24) is 0 Å². The molecule has 12 nitrogen and oxygen atoms in total. The summed E-state index contributed by atoms with van der Waals surface area (Å²) in [5.74, 6) is -9.19. The number of carboxylic acids is 3. The van der Waals surface area contributed by atoms with Gasteiger partial charge in [-0.1, -0.05) is 30.3 Å². The number of aliphatic carboxylic acids is 3. The van der Waals surface area contributed by atoms with Crippen LogP contribution in [0, 0.1) is 0 Å². The summed E-state index contributed by atoms with van der Waals surface area (Å²) in [5.41, 5.74) is -6.13. The van der Waals surface area contributed by atoms with Crippen LogP contribution in [-0.2, 0) is 35.1 Å². The summed E-state index contributed by atoms with van der Waals surface area (Å²) in [4.78, 5) is 47.8. The minimum absolute atomic E-state index is 0.0485. The standard InChI is InChI=1S/C22H26O12/c23-13(9-4-8-12-6-2-1-3-7-12)10-5-11-20-14(24)15(25)22(34-20,19(30)31)21(32,18(28)29)16(33-20)17(26)27/h1-3,6-7,14-16,24-25,32H,4-5,8-11H2,(H,26,27)(H,28,29)(H,30,31). The molecule has 6 N–H and O–H groups in total. The van der Waals surface area contributed by atoms with Crippen molar-refractivity contribution in [2.24, 2.45) is 0 Å². The lowest BCUT2D eigenvalue weighted by atomic mass is 9.74. The summed E-state index contributed by atoms with van der Waals surface area (Å²) < 4.78 is 10.4. The molecule has 2 aliphatic rings. The molecule has 0 aliphatic carbocycles. The van der Waals surface area contributed by atoms with Crippen LogP contribution in [0.5, 0.6) is 0 Å². The zero-order valence-corrected chi connectivity index (χ0v) is 18.0. The topological polar surface area (TPSA) is 208 Å². The number of fused-ring (bicyclic) bond motifs is 2. The largest absolute Gasteiger partial charge is 0.479 e. The first-order chi connectivity index (χ1) is 15.9. The highest BCUT2D eigenvalue weighted by Crippen LogP contribution is 2.54. The minimum Gasteiger partial charge on any atom is -0.479 e. The van der Waals surface area contributed by atoms with Crippen molar-refractivity contribution < 1.29 is 59.3 Å². The van der Waals surface area contributed by atoms with E-state index in [9.17, 15) is 49.8 Å². The third-order valence-corrected chi connectivity index (χ3v) is 6.38. The minimum atomic E-state index is -3.77. The molecule has 0 radical (unpaired) electrons. The van der Waals surface area contributed by atoms with Gasteiger partial charge in [-0.15, -0.1) is 0 Å². The van der Waals surface area contributed by atoms with Crippen LogP contribution in [0.1, 0.15) is 37.7 Å². The Morgan fingerprint density at radius 3 is 2.06 bits per heavy atom. The van der Waals surface area contributed by atoms with E-state index in [0.717, 1.165) is 5.56 Å². The van der Waals surface area contributed by atoms with Crippen molar-refractivity contribution in [1.29, 1.82) is 0 Å². The Kier molecular flexibility index (Phi) is 7.10. The second kappa shape index (κ2) is 9.39. The lowest BCUT2D eigenvalue weighted by Gasteiger charge is -2.48. The Labute approximate surface area is 193 Å². The van der Waals surface area contributed by atoms with Crippen LogP contribution >= 0.6 is 0 Å². The van der Waals surface area contributed by atoms with Crippen LogP contribution in [0.15, 0.2) is 30.3 Å². The van der Waals surface area contributed by atoms with Crippen LogP contribution < -0.4 is 0 Å². The van der Waals surface area contributed by atoms with Gasteiger partial charge >= 0.3 is 17.9 Å². The van der Waals surface area contributed by atoms with E-state index in [1.807, 2.05) is 30.3 Å². The summed E-state index contributed by atoms with van der Waals surface area (Å²) >= 11 is 0. The second-order valence-electron chi connectivity index (χ2n) is 8.48. The van der Waals surface area contributed by atoms with E-state index < -0.39 is 59.6 Å². The maximum atomic E-state index is 12.3. The smallest absolute Gasteiger partial charge is 0.343 e. The van der Waals surface area contributed by atoms with Gasteiger partial charge in [0.1, 0.15) is 18.0 Å². The molecule has 12 heteroatoms. The highest BCUT2D eigenvalue weighted by Gasteiger charge is 2.84. The molecule has 2 fully saturated rings. The number of carboxylic acid groups (broad SMARTS) is 3. The number of carbonyl (C=O) groups excluding carboxylic acids is 1. The van der Waals surface area contributed by atoms with Crippen LogP contribution in [0.25, 0.3) is 0 Å². The molecule has 0 aromatic heterocycles. The molecule has 1 aromatic carbocycles. The van der Waals surface area contributed by atoms with Gasteiger partial charge in [-0.25, -0.2) is 14.4 Å². The third kappa shape index (κ3) is 3.97. The molecule has 6 atom stereocenters. The summed E-state index contributed by atoms with van der Waals surface area (Å²) in [7, 11) is 0. The zero-order chi connectivity index (χ0) is 25.3. The molecule has 6 unspecified atom stereocenters. The van der Waals surface area contributed by atoms with E-state index in [-0.39, 0.29) is 25.0 Å². The molecule has 34 heavy (non-hydrogen) atoms. The van der Waals surface area contributed by atoms with Crippen molar-refractivity contribution in [2.45, 2.75) is 73.8 Å². The number of aliphatic hydroxyl groups is 3. The van der Waals surface area contributed by atoms with Gasteiger partial charge in [-0.05, 0) is 24.8 Å². The van der Waals surface area contributed by atoms with Gasteiger partial charge in [0.25, 0.3) is 0 Å². The molecule has 186 valence electrons. The van der Waals surface area contributed by atoms with Crippen molar-refractivity contribution in [3.63, 3.8) is 0 Å². The Hall–Kier alpha value is -2.90.